The van der Waals surface area contributed by atoms with Gasteiger partial charge in [0.15, 0.2) is 0 Å². The number of hydrogen-bond acceptors (Lipinski definition) is 3. The van der Waals surface area contributed by atoms with Gasteiger partial charge < -0.3 is 5.11 Å². The predicted octanol–water partition coefficient (Wildman–Crippen LogP) is 1.74. The molecule has 120 valence electrons. The van der Waals surface area contributed by atoms with Gasteiger partial charge in [-0.3, -0.25) is 4.79 Å². The van der Waals surface area contributed by atoms with E-state index in [1.165, 1.54) is 0 Å². The summed E-state index contributed by atoms with van der Waals surface area (Å²) in [5.74, 6) is -0.288. The number of carboxylic acid groups (broad SMARTS) is 1. The first-order chi connectivity index (χ1) is 8.93. The Morgan fingerprint density at radius 1 is 1.20 bits per heavy atom. The molecule has 0 saturated heterocycles. The molecule has 7 heteroatoms. The third-order valence-electron chi connectivity index (χ3n) is 2.92. The number of nitrogens with one attached hydrogen (secondary N) is 2. The molecule has 0 aromatic carbocycles. The van der Waals surface area contributed by atoms with Crippen molar-refractivity contribution in [2.75, 3.05) is 6.54 Å². The maximum absolute atomic E-state index is 11.7. The van der Waals surface area contributed by atoms with E-state index in [0.717, 1.165) is 0 Å². The van der Waals surface area contributed by atoms with E-state index in [-0.39, 0.29) is 12.3 Å². The molecule has 3 N–H and O–H groups in total. The van der Waals surface area contributed by atoms with Crippen molar-refractivity contribution in [1.82, 2.24) is 9.44 Å². The number of carboxylic acids is 1. The van der Waals surface area contributed by atoms with Crippen LogP contribution >= 0.6 is 0 Å². The van der Waals surface area contributed by atoms with Crippen LogP contribution in [0, 0.1) is 11.8 Å². The molecular weight excluding hydrogens is 280 g/mol. The summed E-state index contributed by atoms with van der Waals surface area (Å²) in [5.41, 5.74) is -0.521. The first-order valence-corrected chi connectivity index (χ1v) is 8.41. The van der Waals surface area contributed by atoms with Gasteiger partial charge in [-0.05, 0) is 45.4 Å². The highest BCUT2D eigenvalue weighted by Crippen LogP contribution is 2.20. The van der Waals surface area contributed by atoms with E-state index in [1.807, 2.05) is 13.8 Å². The van der Waals surface area contributed by atoms with Crippen LogP contribution in [0.1, 0.15) is 53.9 Å². The summed E-state index contributed by atoms with van der Waals surface area (Å²) < 4.78 is 28.5. The Balaban J connectivity index is 4.27. The van der Waals surface area contributed by atoms with Crippen LogP contribution in [0.5, 0.6) is 0 Å². The van der Waals surface area contributed by atoms with Gasteiger partial charge in [0, 0.05) is 18.5 Å². The fraction of sp³-hybridized carbons (Fsp3) is 0.923. The van der Waals surface area contributed by atoms with Crippen LogP contribution in [0.2, 0.25) is 0 Å². The zero-order chi connectivity index (χ0) is 16.0. The molecule has 6 nitrogen and oxygen atoms in total. The quantitative estimate of drug-likeness (QED) is 0.604. The van der Waals surface area contributed by atoms with Crippen LogP contribution < -0.4 is 9.44 Å². The molecule has 0 aromatic rings. The maximum Gasteiger partial charge on any atom is 0.303 e. The molecule has 0 spiro atoms. The Kier molecular flexibility index (Phi) is 7.69. The van der Waals surface area contributed by atoms with Gasteiger partial charge >= 0.3 is 5.97 Å². The third kappa shape index (κ3) is 10.2. The Labute approximate surface area is 122 Å². The van der Waals surface area contributed by atoms with Gasteiger partial charge in [-0.1, -0.05) is 13.8 Å². The minimum absolute atomic E-state index is 0.121. The standard InChI is InChI=1S/C13H28N2O4S/c1-10(2)11(6-7-12(16)17)8-9-14-20(18,19)15-13(3,4)5/h10-11,14-15H,6-9H2,1-5H3,(H,16,17). The molecule has 1 atom stereocenters. The largest absolute Gasteiger partial charge is 0.481 e. The monoisotopic (exact) mass is 308 g/mol. The zero-order valence-electron chi connectivity index (χ0n) is 13.1. The lowest BCUT2D eigenvalue weighted by molar-refractivity contribution is -0.137. The van der Waals surface area contributed by atoms with Crippen LogP contribution in [-0.2, 0) is 15.0 Å². The van der Waals surface area contributed by atoms with Crippen LogP contribution in [-0.4, -0.2) is 31.6 Å². The highest BCUT2D eigenvalue weighted by molar-refractivity contribution is 7.87. The van der Waals surface area contributed by atoms with Crippen LogP contribution in [0.4, 0.5) is 0 Å². The summed E-state index contributed by atoms with van der Waals surface area (Å²) in [5, 5.41) is 8.70. The van der Waals surface area contributed by atoms with Gasteiger partial charge in [-0.2, -0.15) is 13.1 Å². The van der Waals surface area contributed by atoms with Crippen molar-refractivity contribution in [2.45, 2.75) is 59.4 Å². The van der Waals surface area contributed by atoms with Crippen molar-refractivity contribution in [3.63, 3.8) is 0 Å². The summed E-state index contributed by atoms with van der Waals surface area (Å²) >= 11 is 0. The minimum atomic E-state index is -3.51. The lowest BCUT2D eigenvalue weighted by Gasteiger charge is -2.23. The highest BCUT2D eigenvalue weighted by Gasteiger charge is 2.20. The molecule has 0 fully saturated rings. The van der Waals surface area contributed by atoms with E-state index in [9.17, 15) is 13.2 Å². The number of aliphatic carboxylic acids is 1. The van der Waals surface area contributed by atoms with Crippen molar-refractivity contribution in [3.05, 3.63) is 0 Å². The third-order valence-corrected chi connectivity index (χ3v) is 4.38. The van der Waals surface area contributed by atoms with Gasteiger partial charge in [0.2, 0.25) is 0 Å². The van der Waals surface area contributed by atoms with E-state index >= 15 is 0 Å². The molecule has 0 aliphatic rings. The van der Waals surface area contributed by atoms with E-state index < -0.39 is 21.7 Å². The first kappa shape index (κ1) is 19.3. The minimum Gasteiger partial charge on any atom is -0.481 e. The Morgan fingerprint density at radius 2 is 1.75 bits per heavy atom. The molecule has 0 heterocycles. The molecule has 0 aromatic heterocycles. The predicted molar refractivity (Wildman–Crippen MR) is 79.6 cm³/mol. The summed E-state index contributed by atoms with van der Waals surface area (Å²) in [4.78, 5) is 10.6. The van der Waals surface area contributed by atoms with E-state index in [1.54, 1.807) is 20.8 Å². The van der Waals surface area contributed by atoms with Crippen molar-refractivity contribution >= 4 is 16.2 Å². The Morgan fingerprint density at radius 3 is 2.15 bits per heavy atom. The fourth-order valence-electron chi connectivity index (χ4n) is 1.94. The molecule has 20 heavy (non-hydrogen) atoms. The van der Waals surface area contributed by atoms with Gasteiger partial charge in [0.1, 0.15) is 0 Å². The molecular formula is C13H28N2O4S. The number of carbonyl (C=O) groups is 1. The van der Waals surface area contributed by atoms with E-state index in [0.29, 0.717) is 25.3 Å². The SMILES string of the molecule is CC(C)C(CCNS(=O)(=O)NC(C)(C)C)CCC(=O)O. The van der Waals surface area contributed by atoms with Crippen molar-refractivity contribution < 1.29 is 18.3 Å². The number of rotatable bonds is 9. The van der Waals surface area contributed by atoms with Gasteiger partial charge in [0.05, 0.1) is 0 Å². The average Bonchev–Trinajstić information content (AvgIpc) is 2.18. The molecule has 0 aliphatic carbocycles. The van der Waals surface area contributed by atoms with Crippen LogP contribution in [0.15, 0.2) is 0 Å². The van der Waals surface area contributed by atoms with Gasteiger partial charge in [-0.15, -0.1) is 0 Å². The van der Waals surface area contributed by atoms with Gasteiger partial charge in [0.25, 0.3) is 10.2 Å². The molecule has 0 amide bonds. The summed E-state index contributed by atoms with van der Waals surface area (Å²) in [6, 6.07) is 0. The van der Waals surface area contributed by atoms with Crippen molar-refractivity contribution in [3.8, 4) is 0 Å². The maximum atomic E-state index is 11.7. The number of hydrogen-bond donors (Lipinski definition) is 3. The highest BCUT2D eigenvalue weighted by atomic mass is 32.2. The topological polar surface area (TPSA) is 95.5 Å². The lowest BCUT2D eigenvalue weighted by Crippen LogP contribution is -2.47. The van der Waals surface area contributed by atoms with Crippen LogP contribution in [0.3, 0.4) is 0 Å². The van der Waals surface area contributed by atoms with E-state index in [2.05, 4.69) is 9.44 Å². The fourth-order valence-corrected chi connectivity index (χ4v) is 3.20. The molecule has 0 saturated carbocycles. The zero-order valence-corrected chi connectivity index (χ0v) is 13.9. The van der Waals surface area contributed by atoms with Crippen LogP contribution in [0.25, 0.3) is 0 Å². The van der Waals surface area contributed by atoms with Crippen molar-refractivity contribution in [1.29, 1.82) is 0 Å². The second-order valence-corrected chi connectivity index (χ2v) is 7.97. The van der Waals surface area contributed by atoms with Gasteiger partial charge in [-0.25, -0.2) is 4.72 Å². The second-order valence-electron chi connectivity index (χ2n) is 6.48. The van der Waals surface area contributed by atoms with E-state index in [4.69, 9.17) is 5.11 Å². The lowest BCUT2D eigenvalue weighted by atomic mass is 9.88. The molecule has 1 unspecified atom stereocenters. The summed E-state index contributed by atoms with van der Waals surface area (Å²) in [6.45, 7) is 9.68. The summed E-state index contributed by atoms with van der Waals surface area (Å²) in [6.07, 6.45) is 1.33. The molecule has 0 rings (SSSR count). The summed E-state index contributed by atoms with van der Waals surface area (Å²) in [7, 11) is -3.51. The molecule has 0 radical (unpaired) electrons. The van der Waals surface area contributed by atoms with Crippen molar-refractivity contribution in [2.24, 2.45) is 11.8 Å². The first-order valence-electron chi connectivity index (χ1n) is 6.93. The smallest absolute Gasteiger partial charge is 0.303 e. The Bertz CT molecular complexity index is 399. The Hall–Kier alpha value is -0.660. The second kappa shape index (κ2) is 7.95. The average molecular weight is 308 g/mol. The molecule has 0 aliphatic heterocycles. The molecule has 0 bridgehead atoms. The normalized spacial score (nSPS) is 14.5.